The van der Waals surface area contributed by atoms with E-state index in [9.17, 15) is 18.4 Å². The van der Waals surface area contributed by atoms with E-state index in [1.807, 2.05) is 6.92 Å². The molecule has 202 valence electrons. The molecule has 11 heteroatoms. The van der Waals surface area contributed by atoms with Crippen molar-refractivity contribution in [3.63, 3.8) is 0 Å². The third kappa shape index (κ3) is 7.18. The van der Waals surface area contributed by atoms with Gasteiger partial charge in [0.15, 0.2) is 0 Å². The molecule has 1 atom stereocenters. The first-order chi connectivity index (χ1) is 18.4. The van der Waals surface area contributed by atoms with Gasteiger partial charge < -0.3 is 15.0 Å². The zero-order valence-electron chi connectivity index (χ0n) is 21.4. The number of halogens is 2. The number of aromatic nitrogens is 4. The molecule has 1 aromatic heterocycles. The summed E-state index contributed by atoms with van der Waals surface area (Å²) in [5, 5.41) is 15.3. The van der Waals surface area contributed by atoms with Gasteiger partial charge in [0.1, 0.15) is 24.2 Å². The van der Waals surface area contributed by atoms with Gasteiger partial charge in [0.25, 0.3) is 0 Å². The molecule has 0 radical (unpaired) electrons. The van der Waals surface area contributed by atoms with E-state index in [0.29, 0.717) is 30.8 Å². The van der Waals surface area contributed by atoms with Crippen LogP contribution in [0.5, 0.6) is 0 Å². The van der Waals surface area contributed by atoms with Crippen LogP contribution in [0.15, 0.2) is 48.5 Å². The van der Waals surface area contributed by atoms with Gasteiger partial charge in [-0.05, 0) is 73.4 Å². The fraction of sp³-hybridized carbons (Fsp3) is 0.444. The molecule has 1 saturated carbocycles. The van der Waals surface area contributed by atoms with Gasteiger partial charge in [-0.2, -0.15) is 4.80 Å². The van der Waals surface area contributed by atoms with Crippen LogP contribution in [0, 0.1) is 11.6 Å². The van der Waals surface area contributed by atoms with E-state index in [-0.39, 0.29) is 36.7 Å². The van der Waals surface area contributed by atoms with Crippen molar-refractivity contribution in [3.05, 3.63) is 65.7 Å². The first-order valence-corrected chi connectivity index (χ1v) is 12.9. The Kier molecular flexibility index (Phi) is 9.47. The van der Waals surface area contributed by atoms with Crippen molar-refractivity contribution in [2.45, 2.75) is 57.7 Å². The van der Waals surface area contributed by atoms with Gasteiger partial charge in [-0.15, -0.1) is 10.2 Å². The summed E-state index contributed by atoms with van der Waals surface area (Å²) in [5.74, 6) is -1.29. The number of nitrogens with one attached hydrogen (secondary N) is 1. The molecule has 4 rings (SSSR count). The molecule has 0 spiro atoms. The fourth-order valence-corrected chi connectivity index (χ4v) is 4.58. The van der Waals surface area contributed by atoms with E-state index >= 15 is 0 Å². The molecule has 0 aliphatic heterocycles. The molecule has 0 unspecified atom stereocenters. The predicted molar refractivity (Wildman–Crippen MR) is 136 cm³/mol. The van der Waals surface area contributed by atoms with Crippen molar-refractivity contribution in [1.82, 2.24) is 30.4 Å². The summed E-state index contributed by atoms with van der Waals surface area (Å²) in [6, 6.07) is 10.3. The Hall–Kier alpha value is -3.73. The van der Waals surface area contributed by atoms with E-state index in [1.54, 1.807) is 0 Å². The molecule has 0 bridgehead atoms. The molecule has 9 nitrogen and oxygen atoms in total. The standard InChI is InChI=1S/C27H32F2N6O3/c1-2-38-17-5-16-34(24(36)18-35-32-26(31-33-35)20-10-14-22(29)15-11-20)25(19-8-12-21(28)13-9-19)27(37)30-23-6-3-4-7-23/h8-15,23,25H,2-7,16-18H2,1H3,(H,30,37)/t25-/m0/s1. The lowest BCUT2D eigenvalue weighted by Crippen LogP contribution is -2.47. The van der Waals surface area contributed by atoms with Crippen molar-refractivity contribution in [2.75, 3.05) is 19.8 Å². The Labute approximate surface area is 220 Å². The maximum Gasteiger partial charge on any atom is 0.247 e. The SMILES string of the molecule is CCOCCCN(C(=O)Cn1nnc(-c2ccc(F)cc2)n1)[C@H](C(=O)NC1CCCC1)c1ccc(F)cc1. The Morgan fingerprint density at radius 2 is 1.74 bits per heavy atom. The molecule has 38 heavy (non-hydrogen) atoms. The molecular weight excluding hydrogens is 494 g/mol. The van der Waals surface area contributed by atoms with Gasteiger partial charge in [0, 0.05) is 31.4 Å². The van der Waals surface area contributed by atoms with Crippen molar-refractivity contribution in [2.24, 2.45) is 0 Å². The summed E-state index contributed by atoms with van der Waals surface area (Å²) >= 11 is 0. The van der Waals surface area contributed by atoms with Gasteiger partial charge in [-0.25, -0.2) is 8.78 Å². The van der Waals surface area contributed by atoms with Crippen LogP contribution in [-0.2, 0) is 20.9 Å². The normalized spacial score (nSPS) is 14.4. The number of amides is 2. The Balaban J connectivity index is 1.58. The monoisotopic (exact) mass is 526 g/mol. The molecule has 1 fully saturated rings. The lowest BCUT2D eigenvalue weighted by atomic mass is 10.0. The Bertz CT molecular complexity index is 1200. The topological polar surface area (TPSA) is 102 Å². The average Bonchev–Trinajstić information content (AvgIpc) is 3.59. The summed E-state index contributed by atoms with van der Waals surface area (Å²) in [7, 11) is 0. The van der Waals surface area contributed by atoms with Crippen molar-refractivity contribution < 1.29 is 23.1 Å². The van der Waals surface area contributed by atoms with Crippen LogP contribution >= 0.6 is 0 Å². The maximum absolute atomic E-state index is 13.7. The van der Waals surface area contributed by atoms with Crippen molar-refractivity contribution in [3.8, 4) is 11.4 Å². The summed E-state index contributed by atoms with van der Waals surface area (Å²) in [5.41, 5.74) is 1.06. The third-order valence-corrected chi connectivity index (χ3v) is 6.49. The molecule has 2 amide bonds. The van der Waals surface area contributed by atoms with Crippen LogP contribution < -0.4 is 5.32 Å². The summed E-state index contributed by atoms with van der Waals surface area (Å²) < 4.78 is 32.5. The second-order valence-corrected chi connectivity index (χ2v) is 9.23. The number of carbonyl (C=O) groups excluding carboxylic acids is 2. The first kappa shape index (κ1) is 27.3. The first-order valence-electron chi connectivity index (χ1n) is 12.9. The second-order valence-electron chi connectivity index (χ2n) is 9.23. The van der Waals surface area contributed by atoms with Gasteiger partial charge in [-0.3, -0.25) is 9.59 Å². The molecule has 3 aromatic rings. The number of hydrogen-bond acceptors (Lipinski definition) is 6. The molecule has 1 aliphatic carbocycles. The molecular formula is C27H32F2N6O3. The molecule has 0 saturated heterocycles. The number of tetrazole rings is 1. The minimum atomic E-state index is -0.967. The molecule has 1 heterocycles. The molecule has 1 N–H and O–H groups in total. The highest BCUT2D eigenvalue weighted by atomic mass is 19.1. The average molecular weight is 527 g/mol. The van der Waals surface area contributed by atoms with Crippen LogP contribution in [0.3, 0.4) is 0 Å². The van der Waals surface area contributed by atoms with E-state index in [2.05, 4.69) is 20.7 Å². The summed E-state index contributed by atoms with van der Waals surface area (Å²) in [6.45, 7) is 2.80. The number of benzene rings is 2. The number of ether oxygens (including phenoxy) is 1. The van der Waals surface area contributed by atoms with Crippen LogP contribution in [0.2, 0.25) is 0 Å². The van der Waals surface area contributed by atoms with E-state index < -0.39 is 17.8 Å². The minimum Gasteiger partial charge on any atom is -0.382 e. The minimum absolute atomic E-state index is 0.0427. The zero-order chi connectivity index (χ0) is 26.9. The quantitative estimate of drug-likeness (QED) is 0.362. The van der Waals surface area contributed by atoms with Crippen molar-refractivity contribution >= 4 is 11.8 Å². The van der Waals surface area contributed by atoms with Gasteiger partial charge in [0.05, 0.1) is 0 Å². The van der Waals surface area contributed by atoms with Crippen LogP contribution in [0.1, 0.15) is 50.6 Å². The van der Waals surface area contributed by atoms with Gasteiger partial charge in [0.2, 0.25) is 17.6 Å². The lowest BCUT2D eigenvalue weighted by molar-refractivity contribution is -0.142. The maximum atomic E-state index is 13.7. The summed E-state index contributed by atoms with van der Waals surface area (Å²) in [6.07, 6.45) is 4.35. The third-order valence-electron chi connectivity index (χ3n) is 6.49. The molecule has 1 aliphatic rings. The number of rotatable bonds is 12. The van der Waals surface area contributed by atoms with Crippen LogP contribution in [-0.4, -0.2) is 62.7 Å². The zero-order valence-corrected chi connectivity index (χ0v) is 21.4. The second kappa shape index (κ2) is 13.2. The highest BCUT2D eigenvalue weighted by Crippen LogP contribution is 2.25. The van der Waals surface area contributed by atoms with E-state index in [0.717, 1.165) is 30.5 Å². The van der Waals surface area contributed by atoms with Crippen LogP contribution in [0.4, 0.5) is 8.78 Å². The fourth-order valence-electron chi connectivity index (χ4n) is 4.58. The number of hydrogen-bond donors (Lipinski definition) is 1. The predicted octanol–water partition coefficient (Wildman–Crippen LogP) is 3.67. The van der Waals surface area contributed by atoms with Gasteiger partial charge >= 0.3 is 0 Å². The van der Waals surface area contributed by atoms with E-state index in [1.165, 1.54) is 53.4 Å². The summed E-state index contributed by atoms with van der Waals surface area (Å²) in [4.78, 5) is 29.8. The smallest absolute Gasteiger partial charge is 0.247 e. The van der Waals surface area contributed by atoms with E-state index in [4.69, 9.17) is 4.74 Å². The number of carbonyl (C=O) groups is 2. The van der Waals surface area contributed by atoms with Crippen LogP contribution in [0.25, 0.3) is 11.4 Å². The van der Waals surface area contributed by atoms with Crippen molar-refractivity contribution in [1.29, 1.82) is 0 Å². The number of nitrogens with zero attached hydrogens (tertiary/aromatic N) is 5. The lowest BCUT2D eigenvalue weighted by Gasteiger charge is -2.32. The highest BCUT2D eigenvalue weighted by molar-refractivity contribution is 5.89. The molecule has 2 aromatic carbocycles. The Morgan fingerprint density at radius 1 is 1.08 bits per heavy atom. The largest absolute Gasteiger partial charge is 0.382 e. The Morgan fingerprint density at radius 3 is 2.39 bits per heavy atom. The highest BCUT2D eigenvalue weighted by Gasteiger charge is 2.33. The van der Waals surface area contributed by atoms with Gasteiger partial charge in [-0.1, -0.05) is 25.0 Å².